The van der Waals surface area contributed by atoms with Crippen molar-refractivity contribution in [1.82, 2.24) is 5.32 Å². The first-order valence-corrected chi connectivity index (χ1v) is 6.87. The summed E-state index contributed by atoms with van der Waals surface area (Å²) >= 11 is 5.62. The summed E-state index contributed by atoms with van der Waals surface area (Å²) in [5.74, 6) is 0.00512. The molecule has 0 saturated heterocycles. The minimum atomic E-state index is -0.524. The molecule has 0 heterocycles. The molecule has 0 saturated carbocycles. The highest BCUT2D eigenvalue weighted by atomic mass is 35.5. The van der Waals surface area contributed by atoms with Gasteiger partial charge in [0.25, 0.3) is 5.91 Å². The van der Waals surface area contributed by atoms with Crippen molar-refractivity contribution in [3.63, 3.8) is 0 Å². The van der Waals surface area contributed by atoms with Crippen molar-refractivity contribution >= 4 is 17.5 Å². The van der Waals surface area contributed by atoms with Crippen LogP contribution in [0, 0.1) is 11.7 Å². The number of ether oxygens (including phenoxy) is 1. The van der Waals surface area contributed by atoms with E-state index < -0.39 is 5.82 Å². The molecule has 20 heavy (non-hydrogen) atoms. The number of nitrogens with two attached hydrogens (primary N) is 1. The molecule has 4 nitrogen and oxygen atoms in total. The fourth-order valence-electron chi connectivity index (χ4n) is 1.77. The Kier molecular flexibility index (Phi) is 6.75. The molecule has 0 aromatic heterocycles. The maximum absolute atomic E-state index is 13.0. The van der Waals surface area contributed by atoms with Gasteiger partial charge in [0.2, 0.25) is 0 Å². The number of rotatable bonds is 7. The van der Waals surface area contributed by atoms with Crippen molar-refractivity contribution in [2.24, 2.45) is 11.7 Å². The van der Waals surface area contributed by atoms with Crippen LogP contribution >= 0.6 is 11.6 Å². The number of nitrogens with one attached hydrogen (secondary N) is 1. The van der Waals surface area contributed by atoms with Gasteiger partial charge in [-0.05, 0) is 24.5 Å². The van der Waals surface area contributed by atoms with Gasteiger partial charge in [-0.2, -0.15) is 0 Å². The number of benzene rings is 1. The normalized spacial score (nSPS) is 12.3. The Morgan fingerprint density at radius 3 is 2.75 bits per heavy atom. The van der Waals surface area contributed by atoms with E-state index in [4.69, 9.17) is 22.1 Å². The molecular formula is C14H20ClFN2O2. The van der Waals surface area contributed by atoms with E-state index in [-0.39, 0.29) is 23.6 Å². The van der Waals surface area contributed by atoms with Crippen molar-refractivity contribution in [2.45, 2.75) is 26.3 Å². The van der Waals surface area contributed by atoms with Gasteiger partial charge in [-0.3, -0.25) is 4.79 Å². The predicted molar refractivity (Wildman–Crippen MR) is 77.3 cm³/mol. The third-order valence-corrected chi connectivity index (χ3v) is 2.96. The maximum atomic E-state index is 13.0. The van der Waals surface area contributed by atoms with E-state index >= 15 is 0 Å². The lowest BCUT2D eigenvalue weighted by Crippen LogP contribution is -2.43. The van der Waals surface area contributed by atoms with Crippen LogP contribution in [0.15, 0.2) is 18.2 Å². The molecular weight excluding hydrogens is 283 g/mol. The standard InChI is InChI=1S/C14H20ClFN2O2/c1-9(2)5-10(7-17)18-14(19)8-20-11-3-4-13(16)12(15)6-11/h3-4,6,9-10H,5,7-8,17H2,1-2H3,(H,18,19). The van der Waals surface area contributed by atoms with E-state index in [9.17, 15) is 9.18 Å². The topological polar surface area (TPSA) is 64.3 Å². The molecule has 0 aliphatic heterocycles. The Labute approximate surface area is 123 Å². The minimum Gasteiger partial charge on any atom is -0.484 e. The molecule has 0 aliphatic carbocycles. The second-order valence-electron chi connectivity index (χ2n) is 4.99. The largest absolute Gasteiger partial charge is 0.484 e. The second-order valence-corrected chi connectivity index (χ2v) is 5.40. The Morgan fingerprint density at radius 1 is 1.50 bits per heavy atom. The van der Waals surface area contributed by atoms with Gasteiger partial charge >= 0.3 is 0 Å². The molecule has 1 unspecified atom stereocenters. The van der Waals surface area contributed by atoms with E-state index in [0.717, 1.165) is 6.42 Å². The first kappa shape index (κ1) is 16.7. The van der Waals surface area contributed by atoms with Crippen LogP contribution in [0.3, 0.4) is 0 Å². The molecule has 1 aromatic rings. The molecule has 0 aliphatic rings. The van der Waals surface area contributed by atoms with E-state index in [1.54, 1.807) is 0 Å². The van der Waals surface area contributed by atoms with Crippen LogP contribution in [0.1, 0.15) is 20.3 Å². The molecule has 1 aromatic carbocycles. The molecule has 3 N–H and O–H groups in total. The highest BCUT2D eigenvalue weighted by Crippen LogP contribution is 2.20. The second kappa shape index (κ2) is 8.07. The molecule has 1 amide bonds. The zero-order valence-electron chi connectivity index (χ0n) is 11.7. The average Bonchev–Trinajstić information content (AvgIpc) is 2.39. The Morgan fingerprint density at radius 2 is 2.20 bits per heavy atom. The van der Waals surface area contributed by atoms with Crippen LogP contribution in [0.5, 0.6) is 5.75 Å². The summed E-state index contributed by atoms with van der Waals surface area (Å²) in [6.45, 7) is 4.35. The van der Waals surface area contributed by atoms with Gasteiger partial charge in [0.05, 0.1) is 5.02 Å². The van der Waals surface area contributed by atoms with Gasteiger partial charge in [-0.25, -0.2) is 4.39 Å². The molecule has 0 bridgehead atoms. The Bertz CT molecular complexity index is 455. The van der Waals surface area contributed by atoms with Gasteiger partial charge in [0, 0.05) is 18.7 Å². The van der Waals surface area contributed by atoms with E-state index in [1.807, 2.05) is 0 Å². The molecule has 1 rings (SSSR count). The lowest BCUT2D eigenvalue weighted by Gasteiger charge is -2.18. The Hall–Kier alpha value is -1.33. The average molecular weight is 303 g/mol. The number of halogens is 2. The van der Waals surface area contributed by atoms with E-state index in [1.165, 1.54) is 18.2 Å². The lowest BCUT2D eigenvalue weighted by atomic mass is 10.0. The summed E-state index contributed by atoms with van der Waals surface area (Å²) < 4.78 is 18.2. The minimum absolute atomic E-state index is 0.0393. The lowest BCUT2D eigenvalue weighted by molar-refractivity contribution is -0.123. The zero-order valence-corrected chi connectivity index (χ0v) is 12.4. The predicted octanol–water partition coefficient (Wildman–Crippen LogP) is 2.35. The summed E-state index contributed by atoms with van der Waals surface area (Å²) in [6.07, 6.45) is 0.810. The summed E-state index contributed by atoms with van der Waals surface area (Å²) in [5.41, 5.74) is 5.60. The van der Waals surface area contributed by atoms with Crippen molar-refractivity contribution in [2.75, 3.05) is 13.2 Å². The van der Waals surface area contributed by atoms with Gasteiger partial charge in [-0.15, -0.1) is 0 Å². The van der Waals surface area contributed by atoms with Gasteiger partial charge in [0.1, 0.15) is 11.6 Å². The zero-order chi connectivity index (χ0) is 15.1. The number of amides is 1. The highest BCUT2D eigenvalue weighted by Gasteiger charge is 2.13. The summed E-state index contributed by atoms with van der Waals surface area (Å²) in [6, 6.07) is 3.88. The van der Waals surface area contributed by atoms with Gasteiger partial charge < -0.3 is 15.8 Å². The van der Waals surface area contributed by atoms with Crippen LogP contribution in [0.25, 0.3) is 0 Å². The fraction of sp³-hybridized carbons (Fsp3) is 0.500. The van der Waals surface area contributed by atoms with E-state index in [0.29, 0.717) is 18.2 Å². The number of carbonyl (C=O) groups excluding carboxylic acids is 1. The van der Waals surface area contributed by atoms with E-state index in [2.05, 4.69) is 19.2 Å². The monoisotopic (exact) mass is 302 g/mol. The Balaban J connectivity index is 2.44. The van der Waals surface area contributed by atoms with Crippen LogP contribution in [0.2, 0.25) is 5.02 Å². The SMILES string of the molecule is CC(C)CC(CN)NC(=O)COc1ccc(F)c(Cl)c1. The number of hydrogen-bond donors (Lipinski definition) is 2. The fourth-order valence-corrected chi connectivity index (χ4v) is 1.94. The summed E-state index contributed by atoms with van der Waals surface area (Å²) in [5, 5.41) is 2.76. The molecule has 6 heteroatoms. The van der Waals surface area contributed by atoms with Crippen molar-refractivity contribution in [3.05, 3.63) is 29.0 Å². The van der Waals surface area contributed by atoms with Crippen molar-refractivity contribution in [1.29, 1.82) is 0 Å². The third-order valence-electron chi connectivity index (χ3n) is 2.67. The first-order chi connectivity index (χ1) is 9.42. The molecule has 112 valence electrons. The van der Waals surface area contributed by atoms with Crippen LogP contribution in [0.4, 0.5) is 4.39 Å². The van der Waals surface area contributed by atoms with Crippen molar-refractivity contribution < 1.29 is 13.9 Å². The smallest absolute Gasteiger partial charge is 0.258 e. The first-order valence-electron chi connectivity index (χ1n) is 6.49. The maximum Gasteiger partial charge on any atom is 0.258 e. The van der Waals surface area contributed by atoms with Crippen LogP contribution < -0.4 is 15.8 Å². The third kappa shape index (κ3) is 5.75. The molecule has 0 radical (unpaired) electrons. The molecule has 1 atom stereocenters. The summed E-state index contributed by atoms with van der Waals surface area (Å²) in [7, 11) is 0. The van der Waals surface area contributed by atoms with Gasteiger partial charge in [-0.1, -0.05) is 25.4 Å². The molecule has 0 fully saturated rings. The number of carbonyl (C=O) groups is 1. The van der Waals surface area contributed by atoms with Gasteiger partial charge in [0.15, 0.2) is 6.61 Å². The van der Waals surface area contributed by atoms with Crippen molar-refractivity contribution in [3.8, 4) is 5.75 Å². The highest BCUT2D eigenvalue weighted by molar-refractivity contribution is 6.30. The quantitative estimate of drug-likeness (QED) is 0.812. The number of hydrogen-bond acceptors (Lipinski definition) is 3. The molecule has 0 spiro atoms. The van der Waals surface area contributed by atoms with Crippen LogP contribution in [-0.4, -0.2) is 25.1 Å². The van der Waals surface area contributed by atoms with Crippen LogP contribution in [-0.2, 0) is 4.79 Å². The summed E-state index contributed by atoms with van der Waals surface area (Å²) in [4.78, 5) is 11.7.